The molecule has 8 nitrogen and oxygen atoms in total. The summed E-state index contributed by atoms with van der Waals surface area (Å²) in [6.45, 7) is 5.66. The van der Waals surface area contributed by atoms with Crippen LogP contribution in [0, 0.1) is 6.92 Å². The van der Waals surface area contributed by atoms with Gasteiger partial charge < -0.3 is 15.0 Å². The molecular weight excluding hydrogens is 595 g/mol. The van der Waals surface area contributed by atoms with Crippen LogP contribution in [-0.4, -0.2) is 56.6 Å². The zero-order chi connectivity index (χ0) is 31.7. The molecule has 1 N–H and O–H groups in total. The Labute approximate surface area is 266 Å². The number of amides is 2. The van der Waals surface area contributed by atoms with E-state index >= 15 is 0 Å². The molecule has 10 heteroatoms. The number of aryl methyl sites for hydroxylation is 1. The number of carbonyl (C=O) groups is 2. The van der Waals surface area contributed by atoms with Gasteiger partial charge in [0.2, 0.25) is 11.8 Å². The van der Waals surface area contributed by atoms with Gasteiger partial charge in [-0.15, -0.1) is 11.8 Å². The van der Waals surface area contributed by atoms with Crippen molar-refractivity contribution in [1.29, 1.82) is 0 Å². The number of hydrogen-bond donors (Lipinski definition) is 1. The zero-order valence-electron chi connectivity index (χ0n) is 26.0. The number of thioether (sulfide) groups is 1. The minimum atomic E-state index is -4.20. The molecule has 44 heavy (non-hydrogen) atoms. The Morgan fingerprint density at radius 1 is 0.977 bits per heavy atom. The number of nitrogens with one attached hydrogen (secondary N) is 1. The lowest BCUT2D eigenvalue weighted by molar-refractivity contribution is -0.140. The molecule has 236 valence electrons. The first kappa shape index (κ1) is 33.4. The fraction of sp³-hybridized carbons (Fsp3) is 0.412. The molecule has 1 fully saturated rings. The van der Waals surface area contributed by atoms with Gasteiger partial charge in [-0.05, 0) is 81.3 Å². The minimum Gasteiger partial charge on any atom is -0.492 e. The van der Waals surface area contributed by atoms with E-state index < -0.39 is 28.5 Å². The van der Waals surface area contributed by atoms with Gasteiger partial charge in [0.15, 0.2) is 0 Å². The lowest BCUT2D eigenvalue weighted by atomic mass is 10.1. The second-order valence-corrected chi connectivity index (χ2v) is 13.8. The SMILES string of the molecule is CCOc1ccccc1N(CC(=O)N(Cc1ccc(C)cc1)[C@@H](CC)C(=O)NC1CCCC1)S(=O)(=O)c1ccc(SC)cc1. The van der Waals surface area contributed by atoms with Crippen molar-refractivity contribution in [2.45, 2.75) is 81.3 Å². The molecule has 3 aromatic carbocycles. The van der Waals surface area contributed by atoms with Gasteiger partial charge in [-0.3, -0.25) is 13.9 Å². The molecule has 1 aliphatic carbocycles. The molecular formula is C34H43N3O5S2. The van der Waals surface area contributed by atoms with Crippen LogP contribution in [0.1, 0.15) is 57.1 Å². The molecule has 2 amide bonds. The summed E-state index contributed by atoms with van der Waals surface area (Å²) in [6.07, 6.45) is 6.28. The zero-order valence-corrected chi connectivity index (χ0v) is 27.6. The Morgan fingerprint density at radius 2 is 1.64 bits per heavy atom. The molecule has 4 rings (SSSR count). The smallest absolute Gasteiger partial charge is 0.264 e. The largest absolute Gasteiger partial charge is 0.492 e. The Bertz CT molecular complexity index is 1500. The standard InChI is InChI=1S/C34H43N3O5S2/c1-5-30(34(39)35-27-11-7-8-12-27)36(23-26-17-15-25(3)16-18-26)33(38)24-37(31-13-9-10-14-32(31)42-6-2)44(40,41)29-21-19-28(43-4)20-22-29/h9-10,13-22,27,30H,5-8,11-12,23-24H2,1-4H3,(H,35,39)/t30-/m0/s1. The van der Waals surface area contributed by atoms with Gasteiger partial charge in [0, 0.05) is 17.5 Å². The van der Waals surface area contributed by atoms with Crippen LogP contribution < -0.4 is 14.4 Å². The van der Waals surface area contributed by atoms with E-state index in [2.05, 4.69) is 5.32 Å². The maximum Gasteiger partial charge on any atom is 0.264 e. The predicted octanol–water partition coefficient (Wildman–Crippen LogP) is 6.18. The fourth-order valence-corrected chi connectivity index (χ4v) is 7.34. The summed E-state index contributed by atoms with van der Waals surface area (Å²) in [5, 5.41) is 3.15. The maximum atomic E-state index is 14.4. The van der Waals surface area contributed by atoms with E-state index in [0.29, 0.717) is 18.8 Å². The number of carbonyl (C=O) groups excluding carboxylic acids is 2. The lowest BCUT2D eigenvalue weighted by Gasteiger charge is -2.34. The molecule has 0 aromatic heterocycles. The topological polar surface area (TPSA) is 96.0 Å². The number of nitrogens with zero attached hydrogens (tertiary/aromatic N) is 2. The first-order valence-electron chi connectivity index (χ1n) is 15.2. The first-order chi connectivity index (χ1) is 21.2. The third-order valence-electron chi connectivity index (χ3n) is 7.92. The second-order valence-electron chi connectivity index (χ2n) is 11.0. The second kappa shape index (κ2) is 15.5. The lowest BCUT2D eigenvalue weighted by Crippen LogP contribution is -2.53. The van der Waals surface area contributed by atoms with E-state index in [9.17, 15) is 18.0 Å². The normalized spacial score (nSPS) is 14.2. The summed E-state index contributed by atoms with van der Waals surface area (Å²) in [5.74, 6) is -0.338. The van der Waals surface area contributed by atoms with Crippen molar-refractivity contribution in [1.82, 2.24) is 10.2 Å². The molecule has 0 bridgehead atoms. The quantitative estimate of drug-likeness (QED) is 0.212. The van der Waals surface area contributed by atoms with Gasteiger partial charge >= 0.3 is 0 Å². The molecule has 1 atom stereocenters. The van der Waals surface area contributed by atoms with Crippen molar-refractivity contribution in [2.75, 3.05) is 23.7 Å². The number of sulfonamides is 1. The third kappa shape index (κ3) is 8.15. The van der Waals surface area contributed by atoms with Crippen LogP contribution in [0.4, 0.5) is 5.69 Å². The number of anilines is 1. The van der Waals surface area contributed by atoms with E-state index in [1.165, 1.54) is 16.7 Å². The van der Waals surface area contributed by atoms with Gasteiger partial charge in [0.1, 0.15) is 18.3 Å². The summed E-state index contributed by atoms with van der Waals surface area (Å²) in [7, 11) is -4.20. The Morgan fingerprint density at radius 3 is 2.25 bits per heavy atom. The van der Waals surface area contributed by atoms with Gasteiger partial charge in [0.05, 0.1) is 17.2 Å². The van der Waals surface area contributed by atoms with Crippen molar-refractivity contribution in [3.8, 4) is 5.75 Å². The molecule has 3 aromatic rings. The summed E-state index contributed by atoms with van der Waals surface area (Å²) < 4.78 is 35.4. The van der Waals surface area contributed by atoms with Gasteiger partial charge in [0.25, 0.3) is 10.0 Å². The third-order valence-corrected chi connectivity index (χ3v) is 10.4. The number of hydrogen-bond acceptors (Lipinski definition) is 6. The molecule has 0 aliphatic heterocycles. The van der Waals surface area contributed by atoms with Crippen molar-refractivity contribution >= 4 is 39.3 Å². The Balaban J connectivity index is 1.75. The van der Waals surface area contributed by atoms with Crippen LogP contribution in [-0.2, 0) is 26.2 Å². The van der Waals surface area contributed by atoms with Crippen LogP contribution in [0.2, 0.25) is 0 Å². The van der Waals surface area contributed by atoms with E-state index in [-0.39, 0.29) is 29.1 Å². The molecule has 0 saturated heterocycles. The molecule has 0 radical (unpaired) electrons. The minimum absolute atomic E-state index is 0.0607. The number of rotatable bonds is 14. The van der Waals surface area contributed by atoms with E-state index in [0.717, 1.165) is 46.0 Å². The van der Waals surface area contributed by atoms with Crippen molar-refractivity contribution < 1.29 is 22.7 Å². The monoisotopic (exact) mass is 637 g/mol. The summed E-state index contributed by atoms with van der Waals surface area (Å²) in [5.41, 5.74) is 2.19. The van der Waals surface area contributed by atoms with E-state index in [4.69, 9.17) is 4.74 Å². The molecule has 0 heterocycles. The Hall–Kier alpha value is -3.50. The van der Waals surface area contributed by atoms with Crippen LogP contribution in [0.5, 0.6) is 5.75 Å². The highest BCUT2D eigenvalue weighted by molar-refractivity contribution is 7.98. The van der Waals surface area contributed by atoms with Crippen LogP contribution in [0.15, 0.2) is 82.6 Å². The van der Waals surface area contributed by atoms with Crippen LogP contribution >= 0.6 is 11.8 Å². The number of benzene rings is 3. The highest BCUT2D eigenvalue weighted by Gasteiger charge is 2.35. The van der Waals surface area contributed by atoms with Crippen molar-refractivity contribution in [3.05, 3.63) is 83.9 Å². The van der Waals surface area contributed by atoms with Crippen molar-refractivity contribution in [3.63, 3.8) is 0 Å². The molecule has 1 aliphatic rings. The van der Waals surface area contributed by atoms with Gasteiger partial charge in [-0.2, -0.15) is 0 Å². The van der Waals surface area contributed by atoms with Crippen LogP contribution in [0.3, 0.4) is 0 Å². The number of ether oxygens (including phenoxy) is 1. The molecule has 0 spiro atoms. The fourth-order valence-electron chi connectivity index (χ4n) is 5.51. The summed E-state index contributed by atoms with van der Waals surface area (Å²) in [6, 6.07) is 20.5. The first-order valence-corrected chi connectivity index (χ1v) is 17.9. The number of para-hydroxylation sites is 2. The Kier molecular flexibility index (Phi) is 11.7. The van der Waals surface area contributed by atoms with Gasteiger partial charge in [-0.25, -0.2) is 8.42 Å². The highest BCUT2D eigenvalue weighted by atomic mass is 32.2. The summed E-state index contributed by atoms with van der Waals surface area (Å²) >= 11 is 1.51. The van der Waals surface area contributed by atoms with Gasteiger partial charge in [-0.1, -0.05) is 61.7 Å². The average Bonchev–Trinajstić information content (AvgIpc) is 3.54. The predicted molar refractivity (Wildman–Crippen MR) is 177 cm³/mol. The van der Waals surface area contributed by atoms with Crippen molar-refractivity contribution in [2.24, 2.45) is 0 Å². The van der Waals surface area contributed by atoms with Crippen LogP contribution in [0.25, 0.3) is 0 Å². The molecule has 1 saturated carbocycles. The summed E-state index contributed by atoms with van der Waals surface area (Å²) in [4.78, 5) is 30.5. The van der Waals surface area contributed by atoms with E-state index in [1.807, 2.05) is 51.3 Å². The highest BCUT2D eigenvalue weighted by Crippen LogP contribution is 2.33. The maximum absolute atomic E-state index is 14.4. The van der Waals surface area contributed by atoms with E-state index in [1.54, 1.807) is 48.5 Å². The average molecular weight is 638 g/mol. The molecule has 0 unspecified atom stereocenters.